The van der Waals surface area contributed by atoms with Crippen LogP contribution in [0.15, 0.2) is 30.6 Å². The highest BCUT2D eigenvalue weighted by Gasteiger charge is 2.10. The fourth-order valence-electron chi connectivity index (χ4n) is 1.76. The molecule has 0 saturated carbocycles. The third-order valence-electron chi connectivity index (χ3n) is 2.72. The summed E-state index contributed by atoms with van der Waals surface area (Å²) in [6.45, 7) is 4.83. The van der Waals surface area contributed by atoms with Gasteiger partial charge in [0.2, 0.25) is 0 Å². The van der Waals surface area contributed by atoms with Crippen LogP contribution in [0.2, 0.25) is 0 Å². The average Bonchev–Trinajstić information content (AvgIpc) is 2.84. The summed E-state index contributed by atoms with van der Waals surface area (Å²) in [5, 5.41) is 13.7. The summed E-state index contributed by atoms with van der Waals surface area (Å²) in [6, 6.07) is 7.45. The fourth-order valence-corrected chi connectivity index (χ4v) is 1.76. The molecule has 0 unspecified atom stereocenters. The van der Waals surface area contributed by atoms with Crippen molar-refractivity contribution >= 4 is 0 Å². The first-order chi connectivity index (χ1) is 8.72. The number of aliphatic hydroxyl groups excluding tert-OH is 1. The Morgan fingerprint density at radius 1 is 1.39 bits per heavy atom. The van der Waals surface area contributed by atoms with Crippen LogP contribution in [0.5, 0.6) is 5.75 Å². The molecule has 5 nitrogen and oxygen atoms in total. The van der Waals surface area contributed by atoms with Crippen molar-refractivity contribution in [2.45, 2.75) is 33.1 Å². The first kappa shape index (κ1) is 12.6. The van der Waals surface area contributed by atoms with Gasteiger partial charge in [-0.25, -0.2) is 9.67 Å². The average molecular weight is 247 g/mol. The van der Waals surface area contributed by atoms with Crippen LogP contribution in [-0.2, 0) is 13.2 Å². The van der Waals surface area contributed by atoms with Crippen molar-refractivity contribution in [1.82, 2.24) is 14.8 Å². The van der Waals surface area contributed by atoms with E-state index in [0.29, 0.717) is 12.4 Å². The minimum Gasteiger partial charge on any atom is -0.485 e. The summed E-state index contributed by atoms with van der Waals surface area (Å²) in [5.41, 5.74) is 0.778. The van der Waals surface area contributed by atoms with E-state index in [9.17, 15) is 5.11 Å². The Bertz CT molecular complexity index is 508. The van der Waals surface area contributed by atoms with Crippen LogP contribution in [-0.4, -0.2) is 19.9 Å². The lowest BCUT2D eigenvalue weighted by molar-refractivity contribution is 0.189. The molecule has 1 N–H and O–H groups in total. The lowest BCUT2D eigenvalue weighted by Gasteiger charge is -2.13. The standard InChI is InChI=1S/C13H17N3O2/c1-3-16-13(14-9-15-16)8-18-12-7-5-4-6-11(12)10(2)17/h4-7,9-10,17H,3,8H2,1-2H3/t10-/m1/s1. The van der Waals surface area contributed by atoms with Gasteiger partial charge >= 0.3 is 0 Å². The number of para-hydroxylation sites is 1. The van der Waals surface area contributed by atoms with E-state index in [4.69, 9.17) is 4.74 Å². The summed E-state index contributed by atoms with van der Waals surface area (Å²) in [4.78, 5) is 4.14. The highest BCUT2D eigenvalue weighted by atomic mass is 16.5. The molecule has 2 rings (SSSR count). The first-order valence-corrected chi connectivity index (χ1v) is 5.98. The molecule has 96 valence electrons. The van der Waals surface area contributed by atoms with Gasteiger partial charge in [0.15, 0.2) is 5.82 Å². The molecule has 18 heavy (non-hydrogen) atoms. The smallest absolute Gasteiger partial charge is 0.164 e. The molecule has 0 aliphatic heterocycles. The van der Waals surface area contributed by atoms with Crippen molar-refractivity contribution in [1.29, 1.82) is 0 Å². The second-order valence-corrected chi connectivity index (χ2v) is 3.99. The lowest BCUT2D eigenvalue weighted by atomic mass is 10.1. The number of ether oxygens (including phenoxy) is 1. The molecule has 0 radical (unpaired) electrons. The molecular formula is C13H17N3O2. The summed E-state index contributed by atoms with van der Waals surface area (Å²) in [6.07, 6.45) is 0.966. The minimum atomic E-state index is -0.551. The Labute approximate surface area is 106 Å². The molecule has 0 saturated heterocycles. The highest BCUT2D eigenvalue weighted by Crippen LogP contribution is 2.25. The second-order valence-electron chi connectivity index (χ2n) is 3.99. The molecule has 0 aliphatic rings. The zero-order valence-corrected chi connectivity index (χ0v) is 10.6. The number of rotatable bonds is 5. The van der Waals surface area contributed by atoms with Gasteiger partial charge in [-0.2, -0.15) is 5.10 Å². The molecule has 0 amide bonds. The Morgan fingerprint density at radius 2 is 2.17 bits per heavy atom. The molecule has 1 aromatic heterocycles. The maximum Gasteiger partial charge on any atom is 0.164 e. The summed E-state index contributed by atoms with van der Waals surface area (Å²) >= 11 is 0. The molecule has 1 aromatic carbocycles. The predicted molar refractivity (Wildman–Crippen MR) is 67.1 cm³/mol. The Balaban J connectivity index is 2.11. The van der Waals surface area contributed by atoms with Gasteiger partial charge in [0.25, 0.3) is 0 Å². The molecule has 5 heteroatoms. The van der Waals surface area contributed by atoms with E-state index >= 15 is 0 Å². The summed E-state index contributed by atoms with van der Waals surface area (Å²) in [7, 11) is 0. The SMILES string of the molecule is CCn1ncnc1COc1ccccc1[C@@H](C)O. The Kier molecular flexibility index (Phi) is 3.94. The highest BCUT2D eigenvalue weighted by molar-refractivity contribution is 5.34. The van der Waals surface area contributed by atoms with Crippen molar-refractivity contribution in [3.8, 4) is 5.75 Å². The van der Waals surface area contributed by atoms with E-state index in [1.165, 1.54) is 6.33 Å². The van der Waals surface area contributed by atoms with E-state index in [2.05, 4.69) is 10.1 Å². The molecule has 2 aromatic rings. The van der Waals surface area contributed by atoms with E-state index < -0.39 is 6.10 Å². The summed E-state index contributed by atoms with van der Waals surface area (Å²) in [5.74, 6) is 1.45. The van der Waals surface area contributed by atoms with Gasteiger partial charge in [0.05, 0.1) is 6.10 Å². The third-order valence-corrected chi connectivity index (χ3v) is 2.72. The van der Waals surface area contributed by atoms with Gasteiger partial charge in [-0.05, 0) is 19.9 Å². The van der Waals surface area contributed by atoms with Crippen LogP contribution >= 0.6 is 0 Å². The van der Waals surface area contributed by atoms with Gasteiger partial charge in [0.1, 0.15) is 18.7 Å². The Morgan fingerprint density at radius 3 is 2.89 bits per heavy atom. The lowest BCUT2D eigenvalue weighted by Crippen LogP contribution is -2.08. The quantitative estimate of drug-likeness (QED) is 0.877. The second kappa shape index (κ2) is 5.64. The molecule has 0 bridgehead atoms. The van der Waals surface area contributed by atoms with E-state index in [0.717, 1.165) is 17.9 Å². The number of hydrogen-bond acceptors (Lipinski definition) is 4. The predicted octanol–water partition coefficient (Wildman–Crippen LogP) is 1.93. The molecule has 1 atom stereocenters. The zero-order chi connectivity index (χ0) is 13.0. The van der Waals surface area contributed by atoms with Crippen LogP contribution < -0.4 is 4.74 Å². The van der Waals surface area contributed by atoms with Crippen molar-refractivity contribution in [3.63, 3.8) is 0 Å². The number of aryl methyl sites for hydroxylation is 1. The van der Waals surface area contributed by atoms with Gasteiger partial charge in [-0.15, -0.1) is 0 Å². The number of nitrogens with zero attached hydrogens (tertiary/aromatic N) is 3. The third kappa shape index (κ3) is 2.68. The largest absolute Gasteiger partial charge is 0.485 e. The molecular weight excluding hydrogens is 230 g/mol. The van der Waals surface area contributed by atoms with Crippen LogP contribution in [0.4, 0.5) is 0 Å². The molecule has 0 aliphatic carbocycles. The van der Waals surface area contributed by atoms with Gasteiger partial charge < -0.3 is 9.84 Å². The van der Waals surface area contributed by atoms with Crippen LogP contribution in [0.1, 0.15) is 31.3 Å². The maximum absolute atomic E-state index is 9.65. The van der Waals surface area contributed by atoms with E-state index in [1.54, 1.807) is 11.6 Å². The number of hydrogen-bond donors (Lipinski definition) is 1. The van der Waals surface area contributed by atoms with Crippen LogP contribution in [0, 0.1) is 0 Å². The van der Waals surface area contributed by atoms with Crippen molar-refractivity contribution in [3.05, 3.63) is 42.0 Å². The van der Waals surface area contributed by atoms with Gasteiger partial charge in [-0.1, -0.05) is 18.2 Å². The van der Waals surface area contributed by atoms with E-state index in [-0.39, 0.29) is 0 Å². The van der Waals surface area contributed by atoms with Gasteiger partial charge in [-0.3, -0.25) is 0 Å². The number of aliphatic hydroxyl groups is 1. The monoisotopic (exact) mass is 247 g/mol. The van der Waals surface area contributed by atoms with Crippen LogP contribution in [0.3, 0.4) is 0 Å². The molecule has 1 heterocycles. The molecule has 0 fully saturated rings. The van der Waals surface area contributed by atoms with Crippen molar-refractivity contribution in [2.24, 2.45) is 0 Å². The first-order valence-electron chi connectivity index (χ1n) is 5.98. The minimum absolute atomic E-state index is 0.345. The zero-order valence-electron chi connectivity index (χ0n) is 10.6. The van der Waals surface area contributed by atoms with Crippen LogP contribution in [0.25, 0.3) is 0 Å². The van der Waals surface area contributed by atoms with E-state index in [1.807, 2.05) is 31.2 Å². The maximum atomic E-state index is 9.65. The number of benzene rings is 1. The number of aromatic nitrogens is 3. The van der Waals surface area contributed by atoms with Gasteiger partial charge in [0, 0.05) is 12.1 Å². The summed E-state index contributed by atoms with van der Waals surface area (Å²) < 4.78 is 7.48. The normalized spacial score (nSPS) is 12.4. The fraction of sp³-hybridized carbons (Fsp3) is 0.385. The molecule has 0 spiro atoms. The topological polar surface area (TPSA) is 60.2 Å². The Hall–Kier alpha value is -1.88. The van der Waals surface area contributed by atoms with Crippen molar-refractivity contribution < 1.29 is 9.84 Å². The van der Waals surface area contributed by atoms with Crippen molar-refractivity contribution in [2.75, 3.05) is 0 Å².